The molecule has 0 unspecified atom stereocenters. The van der Waals surface area contributed by atoms with Gasteiger partial charge in [-0.3, -0.25) is 4.98 Å². The first-order valence-corrected chi connectivity index (χ1v) is 5.63. The first-order valence-electron chi connectivity index (χ1n) is 4.41. The molecule has 0 bridgehead atoms. The van der Waals surface area contributed by atoms with E-state index in [1.807, 2.05) is 19.2 Å². The van der Waals surface area contributed by atoms with Gasteiger partial charge in [-0.25, -0.2) is 0 Å². The summed E-state index contributed by atoms with van der Waals surface area (Å²) in [4.78, 5) is 5.50. The lowest BCUT2D eigenvalue weighted by molar-refractivity contribution is 1.22. The minimum Gasteiger partial charge on any atom is -0.398 e. The summed E-state index contributed by atoms with van der Waals surface area (Å²) in [6, 6.07) is 6.07. The van der Waals surface area contributed by atoms with Gasteiger partial charge in [0, 0.05) is 33.2 Å². The molecule has 0 saturated heterocycles. The van der Waals surface area contributed by atoms with Gasteiger partial charge in [0.2, 0.25) is 0 Å². The van der Waals surface area contributed by atoms with Gasteiger partial charge < -0.3 is 5.73 Å². The van der Waals surface area contributed by atoms with Crippen molar-refractivity contribution in [3.05, 3.63) is 30.1 Å². The minimum atomic E-state index is 0.797. The second kappa shape index (κ2) is 3.50. The van der Waals surface area contributed by atoms with Crippen molar-refractivity contribution < 1.29 is 0 Å². The molecule has 0 atom stereocenters. The number of anilines is 1. The molecule has 3 heteroatoms. The number of hydrogen-bond donors (Lipinski definition) is 1. The maximum absolute atomic E-state index is 5.88. The zero-order valence-corrected chi connectivity index (χ0v) is 9.06. The Morgan fingerprint density at radius 3 is 2.79 bits per heavy atom. The van der Waals surface area contributed by atoms with Gasteiger partial charge in [0.05, 0.1) is 0 Å². The Hall–Kier alpha value is -1.22. The Bertz CT molecular complexity index is 480. The van der Waals surface area contributed by atoms with Crippen molar-refractivity contribution >= 4 is 28.2 Å². The summed E-state index contributed by atoms with van der Waals surface area (Å²) < 4.78 is 0. The van der Waals surface area contributed by atoms with Crippen LogP contribution in [0.25, 0.3) is 10.8 Å². The van der Waals surface area contributed by atoms with Crippen LogP contribution >= 0.6 is 11.8 Å². The molecule has 2 rings (SSSR count). The molecule has 0 saturated carbocycles. The van der Waals surface area contributed by atoms with Crippen LogP contribution in [0, 0.1) is 6.92 Å². The minimum absolute atomic E-state index is 0.797. The van der Waals surface area contributed by atoms with E-state index in [1.165, 1.54) is 10.3 Å². The molecule has 0 aliphatic heterocycles. The summed E-state index contributed by atoms with van der Waals surface area (Å²) in [6.45, 7) is 1.99. The van der Waals surface area contributed by atoms with Crippen LogP contribution in [0.2, 0.25) is 0 Å². The molecule has 2 nitrogen and oxygen atoms in total. The standard InChI is InChI=1S/C11H12N2S/c1-7-5-8-9(6-13-7)10(12)3-4-11(8)14-2/h3-6H,12H2,1-2H3. The summed E-state index contributed by atoms with van der Waals surface area (Å²) >= 11 is 1.73. The number of aryl methyl sites for hydroxylation is 1. The molecular formula is C11H12N2S. The van der Waals surface area contributed by atoms with E-state index < -0.39 is 0 Å². The van der Waals surface area contributed by atoms with Crippen LogP contribution in [0.4, 0.5) is 5.69 Å². The summed E-state index contributed by atoms with van der Waals surface area (Å²) in [6.07, 6.45) is 3.92. The molecule has 0 amide bonds. The maximum Gasteiger partial charge on any atom is 0.0410 e. The van der Waals surface area contributed by atoms with E-state index in [-0.39, 0.29) is 0 Å². The van der Waals surface area contributed by atoms with Crippen LogP contribution in [0.3, 0.4) is 0 Å². The van der Waals surface area contributed by atoms with E-state index in [0.717, 1.165) is 16.8 Å². The zero-order chi connectivity index (χ0) is 10.1. The topological polar surface area (TPSA) is 38.9 Å². The highest BCUT2D eigenvalue weighted by atomic mass is 32.2. The van der Waals surface area contributed by atoms with Gasteiger partial charge in [-0.2, -0.15) is 0 Å². The predicted octanol–water partition coefficient (Wildman–Crippen LogP) is 2.85. The number of thioether (sulfide) groups is 1. The number of rotatable bonds is 1. The Kier molecular flexibility index (Phi) is 2.33. The summed E-state index contributed by atoms with van der Waals surface area (Å²) in [5.41, 5.74) is 7.70. The normalized spacial score (nSPS) is 10.7. The third kappa shape index (κ3) is 1.44. The number of benzene rings is 1. The highest BCUT2D eigenvalue weighted by Gasteiger charge is 2.03. The van der Waals surface area contributed by atoms with Crippen LogP contribution < -0.4 is 5.73 Å². The maximum atomic E-state index is 5.88. The van der Waals surface area contributed by atoms with Crippen LogP contribution in [-0.4, -0.2) is 11.2 Å². The third-order valence-corrected chi connectivity index (χ3v) is 3.05. The third-order valence-electron chi connectivity index (χ3n) is 2.25. The van der Waals surface area contributed by atoms with E-state index in [9.17, 15) is 0 Å². The largest absolute Gasteiger partial charge is 0.398 e. The van der Waals surface area contributed by atoms with E-state index in [1.54, 1.807) is 11.8 Å². The van der Waals surface area contributed by atoms with E-state index in [4.69, 9.17) is 5.73 Å². The fourth-order valence-electron chi connectivity index (χ4n) is 1.52. The van der Waals surface area contributed by atoms with Gasteiger partial charge in [-0.15, -0.1) is 11.8 Å². The Balaban J connectivity index is 2.85. The van der Waals surface area contributed by atoms with Crippen LogP contribution in [0.5, 0.6) is 0 Å². The molecule has 14 heavy (non-hydrogen) atoms. The number of pyridine rings is 1. The van der Waals surface area contributed by atoms with Crippen LogP contribution in [0.15, 0.2) is 29.3 Å². The van der Waals surface area contributed by atoms with Gasteiger partial charge >= 0.3 is 0 Å². The van der Waals surface area contributed by atoms with Crippen molar-refractivity contribution in [2.45, 2.75) is 11.8 Å². The lowest BCUT2D eigenvalue weighted by atomic mass is 10.1. The molecule has 0 aliphatic carbocycles. The molecule has 2 aromatic rings. The van der Waals surface area contributed by atoms with E-state index >= 15 is 0 Å². The quantitative estimate of drug-likeness (QED) is 0.573. The number of nitrogens with two attached hydrogens (primary N) is 1. The molecule has 2 N–H and O–H groups in total. The van der Waals surface area contributed by atoms with Crippen molar-refractivity contribution in [1.29, 1.82) is 0 Å². The van der Waals surface area contributed by atoms with Gasteiger partial charge in [0.15, 0.2) is 0 Å². The van der Waals surface area contributed by atoms with Crippen LogP contribution in [0.1, 0.15) is 5.69 Å². The van der Waals surface area contributed by atoms with Crippen molar-refractivity contribution in [3.63, 3.8) is 0 Å². The van der Waals surface area contributed by atoms with Gasteiger partial charge in [0.1, 0.15) is 0 Å². The molecule has 0 fully saturated rings. The number of aromatic nitrogens is 1. The smallest absolute Gasteiger partial charge is 0.0410 e. The number of nitrogen functional groups attached to an aromatic ring is 1. The summed E-state index contributed by atoms with van der Waals surface area (Å²) in [7, 11) is 0. The summed E-state index contributed by atoms with van der Waals surface area (Å²) in [5.74, 6) is 0. The fourth-order valence-corrected chi connectivity index (χ4v) is 2.11. The average molecular weight is 204 g/mol. The predicted molar refractivity (Wildman–Crippen MR) is 62.7 cm³/mol. The lowest BCUT2D eigenvalue weighted by Crippen LogP contribution is -1.90. The van der Waals surface area contributed by atoms with Crippen molar-refractivity contribution in [2.24, 2.45) is 0 Å². The highest BCUT2D eigenvalue weighted by molar-refractivity contribution is 7.98. The first-order chi connectivity index (χ1) is 6.72. The monoisotopic (exact) mass is 204 g/mol. The second-order valence-corrected chi connectivity index (χ2v) is 4.08. The molecule has 0 spiro atoms. The lowest BCUT2D eigenvalue weighted by Gasteiger charge is -2.06. The first kappa shape index (κ1) is 9.34. The van der Waals surface area contributed by atoms with Gasteiger partial charge in [-0.1, -0.05) is 0 Å². The van der Waals surface area contributed by atoms with Crippen molar-refractivity contribution in [1.82, 2.24) is 4.98 Å². The van der Waals surface area contributed by atoms with E-state index in [2.05, 4.69) is 23.4 Å². The highest BCUT2D eigenvalue weighted by Crippen LogP contribution is 2.29. The molecule has 1 heterocycles. The van der Waals surface area contributed by atoms with Crippen molar-refractivity contribution in [2.75, 3.05) is 12.0 Å². The molecule has 0 radical (unpaired) electrons. The SMILES string of the molecule is CSc1ccc(N)c2cnc(C)cc12. The van der Waals surface area contributed by atoms with Gasteiger partial charge in [0.25, 0.3) is 0 Å². The number of hydrogen-bond acceptors (Lipinski definition) is 3. The molecule has 1 aromatic heterocycles. The van der Waals surface area contributed by atoms with Gasteiger partial charge in [-0.05, 0) is 31.4 Å². The molecular weight excluding hydrogens is 192 g/mol. The zero-order valence-electron chi connectivity index (χ0n) is 8.24. The van der Waals surface area contributed by atoms with Crippen molar-refractivity contribution in [3.8, 4) is 0 Å². The summed E-state index contributed by atoms with van der Waals surface area (Å²) in [5, 5.41) is 2.24. The number of fused-ring (bicyclic) bond motifs is 1. The Morgan fingerprint density at radius 2 is 2.07 bits per heavy atom. The molecule has 0 aliphatic rings. The van der Waals surface area contributed by atoms with Crippen LogP contribution in [-0.2, 0) is 0 Å². The molecule has 1 aromatic carbocycles. The van der Waals surface area contributed by atoms with E-state index in [0.29, 0.717) is 0 Å². The Morgan fingerprint density at radius 1 is 1.29 bits per heavy atom. The molecule has 72 valence electrons. The fraction of sp³-hybridized carbons (Fsp3) is 0.182. The average Bonchev–Trinajstić information content (AvgIpc) is 2.18. The number of nitrogens with zero attached hydrogens (tertiary/aromatic N) is 1. The second-order valence-electron chi connectivity index (χ2n) is 3.23. The Labute approximate surface area is 87.5 Å².